The molecular weight excluding hydrogens is 260 g/mol. The number of anilines is 1. The third-order valence-corrected chi connectivity index (χ3v) is 3.39. The van der Waals surface area contributed by atoms with Crippen LogP contribution in [0.2, 0.25) is 5.02 Å². The lowest BCUT2D eigenvalue weighted by atomic mass is 10.1. The summed E-state index contributed by atoms with van der Waals surface area (Å²) in [5.41, 5.74) is 3.03. The third kappa shape index (κ3) is 2.95. The van der Waals surface area contributed by atoms with Crippen LogP contribution >= 0.6 is 22.9 Å². The highest BCUT2D eigenvalue weighted by atomic mass is 35.5. The first-order chi connectivity index (χ1) is 8.16. The number of thiazole rings is 1. The van der Waals surface area contributed by atoms with Crippen LogP contribution in [0.1, 0.15) is 10.4 Å². The molecule has 1 amide bonds. The van der Waals surface area contributed by atoms with Gasteiger partial charge in [0.2, 0.25) is 0 Å². The molecule has 1 heterocycles. The zero-order chi connectivity index (χ0) is 12.3. The van der Waals surface area contributed by atoms with E-state index >= 15 is 0 Å². The molecule has 0 saturated carbocycles. The molecule has 0 fully saturated rings. The Morgan fingerprint density at radius 2 is 2.35 bits per heavy atom. The lowest BCUT2D eigenvalue weighted by Crippen LogP contribution is -2.08. The van der Waals surface area contributed by atoms with Crippen molar-refractivity contribution >= 4 is 34.7 Å². The summed E-state index contributed by atoms with van der Waals surface area (Å²) >= 11 is 7.67. The van der Waals surface area contributed by atoms with Crippen LogP contribution in [0.5, 0.6) is 0 Å². The fourth-order valence-corrected chi connectivity index (χ4v) is 2.30. The summed E-state index contributed by atoms with van der Waals surface area (Å²) in [5, 5.41) is 11.4. The first-order valence-electron chi connectivity index (χ1n) is 4.81. The van der Waals surface area contributed by atoms with E-state index in [1.165, 1.54) is 11.3 Å². The smallest absolute Gasteiger partial charge is 0.409 e. The Bertz CT molecular complexity index is 528. The molecule has 2 aromatic rings. The lowest BCUT2D eigenvalue weighted by molar-refractivity contribution is 0.210. The zero-order valence-electron chi connectivity index (χ0n) is 8.68. The Morgan fingerprint density at radius 3 is 3.00 bits per heavy atom. The van der Waals surface area contributed by atoms with Crippen LogP contribution in [0.4, 0.5) is 10.5 Å². The molecule has 0 radical (unpaired) electrons. The van der Waals surface area contributed by atoms with Gasteiger partial charge in [-0.05, 0) is 11.6 Å². The summed E-state index contributed by atoms with van der Waals surface area (Å²) < 4.78 is 0. The van der Waals surface area contributed by atoms with E-state index in [4.69, 9.17) is 16.7 Å². The van der Waals surface area contributed by atoms with Crippen molar-refractivity contribution in [3.63, 3.8) is 0 Å². The average molecular weight is 269 g/mol. The first-order valence-corrected chi connectivity index (χ1v) is 6.07. The molecule has 1 aromatic heterocycles. The molecule has 2 rings (SSSR count). The predicted molar refractivity (Wildman–Crippen MR) is 68.0 cm³/mol. The summed E-state index contributed by atoms with van der Waals surface area (Å²) in [7, 11) is 0. The van der Waals surface area contributed by atoms with Crippen molar-refractivity contribution in [2.75, 3.05) is 5.32 Å². The molecule has 0 aliphatic rings. The van der Waals surface area contributed by atoms with Crippen LogP contribution in [-0.2, 0) is 6.42 Å². The molecule has 2 N–H and O–H groups in total. The fraction of sp³-hybridized carbons (Fsp3) is 0.0909. The van der Waals surface area contributed by atoms with E-state index in [9.17, 15) is 4.79 Å². The van der Waals surface area contributed by atoms with Gasteiger partial charge in [0.1, 0.15) is 0 Å². The van der Waals surface area contributed by atoms with Crippen LogP contribution in [0.15, 0.2) is 29.9 Å². The highest BCUT2D eigenvalue weighted by Gasteiger charge is 2.09. The minimum absolute atomic E-state index is 0.404. The van der Waals surface area contributed by atoms with Gasteiger partial charge in [0.25, 0.3) is 0 Å². The minimum atomic E-state index is -1.12. The molecule has 0 aliphatic heterocycles. The molecule has 0 aliphatic carbocycles. The van der Waals surface area contributed by atoms with Crippen molar-refractivity contribution in [2.24, 2.45) is 0 Å². The second kappa shape index (κ2) is 5.16. The number of hydrogen-bond donors (Lipinski definition) is 2. The fourth-order valence-electron chi connectivity index (χ4n) is 1.45. The Kier molecular flexibility index (Phi) is 3.61. The van der Waals surface area contributed by atoms with Crippen molar-refractivity contribution in [1.29, 1.82) is 0 Å². The van der Waals surface area contributed by atoms with E-state index in [1.807, 2.05) is 6.07 Å². The molecule has 0 atom stereocenters. The highest BCUT2D eigenvalue weighted by Crippen LogP contribution is 2.28. The van der Waals surface area contributed by atoms with Crippen molar-refractivity contribution in [1.82, 2.24) is 4.98 Å². The first kappa shape index (κ1) is 11.9. The minimum Gasteiger partial charge on any atom is -0.465 e. The van der Waals surface area contributed by atoms with Crippen LogP contribution in [0.25, 0.3) is 0 Å². The van der Waals surface area contributed by atoms with E-state index in [0.29, 0.717) is 17.1 Å². The number of benzene rings is 1. The normalized spacial score (nSPS) is 10.2. The van der Waals surface area contributed by atoms with Crippen molar-refractivity contribution in [3.05, 3.63) is 45.4 Å². The van der Waals surface area contributed by atoms with E-state index in [1.54, 1.807) is 23.8 Å². The number of carbonyl (C=O) groups is 1. The van der Waals surface area contributed by atoms with Crippen LogP contribution in [0.3, 0.4) is 0 Å². The third-order valence-electron chi connectivity index (χ3n) is 2.17. The van der Waals surface area contributed by atoms with Crippen LogP contribution < -0.4 is 5.32 Å². The number of amides is 1. The van der Waals surface area contributed by atoms with Gasteiger partial charge in [0, 0.05) is 17.5 Å². The second-order valence-corrected chi connectivity index (χ2v) is 4.70. The van der Waals surface area contributed by atoms with E-state index in [2.05, 4.69) is 10.3 Å². The second-order valence-electron chi connectivity index (χ2n) is 3.35. The van der Waals surface area contributed by atoms with E-state index in [0.717, 1.165) is 10.4 Å². The topological polar surface area (TPSA) is 62.2 Å². The molecule has 0 bridgehead atoms. The van der Waals surface area contributed by atoms with Gasteiger partial charge < -0.3 is 5.11 Å². The molecule has 17 heavy (non-hydrogen) atoms. The Morgan fingerprint density at radius 1 is 1.53 bits per heavy atom. The van der Waals surface area contributed by atoms with Gasteiger partial charge in [-0.3, -0.25) is 10.3 Å². The van der Waals surface area contributed by atoms with Crippen LogP contribution in [0, 0.1) is 0 Å². The molecule has 0 unspecified atom stereocenters. The molecule has 6 heteroatoms. The summed E-state index contributed by atoms with van der Waals surface area (Å²) in [6.45, 7) is 0. The van der Waals surface area contributed by atoms with Gasteiger partial charge in [-0.15, -0.1) is 11.3 Å². The number of hydrogen-bond acceptors (Lipinski definition) is 3. The van der Waals surface area contributed by atoms with Gasteiger partial charge >= 0.3 is 6.09 Å². The SMILES string of the molecule is O=C(O)Nc1cccc(Cc2cncs2)c1Cl. The molecule has 0 spiro atoms. The largest absolute Gasteiger partial charge is 0.465 e. The standard InChI is InChI=1S/C11H9ClN2O2S/c12-10-7(4-8-5-13-6-17-8)2-1-3-9(10)14-11(15)16/h1-3,5-6,14H,4H2,(H,15,16). The maximum atomic E-state index is 10.6. The summed E-state index contributed by atoms with van der Waals surface area (Å²) in [6.07, 6.45) is 1.30. The van der Waals surface area contributed by atoms with Crippen molar-refractivity contribution in [2.45, 2.75) is 6.42 Å². The number of nitrogens with one attached hydrogen (secondary N) is 1. The Balaban J connectivity index is 2.26. The summed E-state index contributed by atoms with van der Waals surface area (Å²) in [5.74, 6) is 0. The monoisotopic (exact) mass is 268 g/mol. The van der Waals surface area contributed by atoms with Crippen molar-refractivity contribution in [3.8, 4) is 0 Å². The average Bonchev–Trinajstić information content (AvgIpc) is 2.76. The maximum Gasteiger partial charge on any atom is 0.409 e. The predicted octanol–water partition coefficient (Wildman–Crippen LogP) is 3.48. The van der Waals surface area contributed by atoms with Gasteiger partial charge in [-0.2, -0.15) is 0 Å². The van der Waals surface area contributed by atoms with Gasteiger partial charge in [0.05, 0.1) is 16.2 Å². The Hall–Kier alpha value is -1.59. The molecule has 88 valence electrons. The number of halogens is 1. The van der Waals surface area contributed by atoms with E-state index < -0.39 is 6.09 Å². The van der Waals surface area contributed by atoms with Crippen molar-refractivity contribution < 1.29 is 9.90 Å². The van der Waals surface area contributed by atoms with E-state index in [-0.39, 0.29) is 0 Å². The number of aromatic nitrogens is 1. The summed E-state index contributed by atoms with van der Waals surface area (Å²) in [4.78, 5) is 15.6. The molecule has 1 aromatic carbocycles. The quantitative estimate of drug-likeness (QED) is 0.896. The highest BCUT2D eigenvalue weighted by molar-refractivity contribution is 7.09. The molecular formula is C11H9ClN2O2S. The maximum absolute atomic E-state index is 10.6. The van der Waals surface area contributed by atoms with Gasteiger partial charge in [-0.1, -0.05) is 23.7 Å². The Labute approximate surface area is 107 Å². The lowest BCUT2D eigenvalue weighted by Gasteiger charge is -2.08. The van der Waals surface area contributed by atoms with Crippen LogP contribution in [-0.4, -0.2) is 16.2 Å². The molecule has 4 nitrogen and oxygen atoms in total. The number of carboxylic acid groups (broad SMARTS) is 1. The summed E-state index contributed by atoms with van der Waals surface area (Å²) in [6, 6.07) is 5.27. The van der Waals surface area contributed by atoms with Gasteiger partial charge in [-0.25, -0.2) is 4.79 Å². The van der Waals surface area contributed by atoms with Gasteiger partial charge in [0.15, 0.2) is 0 Å². The molecule has 0 saturated heterocycles. The number of rotatable bonds is 3. The zero-order valence-corrected chi connectivity index (χ0v) is 10.3. The number of nitrogens with zero attached hydrogens (tertiary/aromatic N) is 1.